The molecule has 3 atom stereocenters. The highest BCUT2D eigenvalue weighted by molar-refractivity contribution is 6.21. The molecule has 0 aliphatic heterocycles. The van der Waals surface area contributed by atoms with Crippen molar-refractivity contribution in [3.05, 3.63) is 35.6 Å². The fourth-order valence-corrected chi connectivity index (χ4v) is 3.30. The van der Waals surface area contributed by atoms with Crippen LogP contribution in [-0.4, -0.2) is 5.38 Å². The molecule has 1 aromatic rings. The van der Waals surface area contributed by atoms with Crippen molar-refractivity contribution in [3.63, 3.8) is 0 Å². The van der Waals surface area contributed by atoms with Crippen LogP contribution < -0.4 is 0 Å². The highest BCUT2D eigenvalue weighted by atomic mass is 35.5. The third-order valence-corrected chi connectivity index (χ3v) is 4.19. The quantitative estimate of drug-likeness (QED) is 0.687. The van der Waals surface area contributed by atoms with Gasteiger partial charge in [-0.2, -0.15) is 0 Å². The van der Waals surface area contributed by atoms with E-state index in [2.05, 4.69) is 6.92 Å². The summed E-state index contributed by atoms with van der Waals surface area (Å²) in [5, 5.41) is 0.152. The van der Waals surface area contributed by atoms with E-state index in [1.807, 2.05) is 6.07 Å². The molecule has 0 radical (unpaired) electrons. The topological polar surface area (TPSA) is 0 Å². The first kappa shape index (κ1) is 11.9. The van der Waals surface area contributed by atoms with Crippen LogP contribution in [0, 0.1) is 17.7 Å². The third-order valence-electron chi connectivity index (χ3n) is 3.71. The average molecular weight is 241 g/mol. The molecule has 0 heterocycles. The smallest absolute Gasteiger partial charge is 0.123 e. The molecular formula is C14H18ClF. The molecule has 0 spiro atoms. The Morgan fingerprint density at radius 3 is 2.88 bits per heavy atom. The number of rotatable bonds is 3. The Balaban J connectivity index is 1.99. The molecule has 3 unspecified atom stereocenters. The standard InChI is InChI=1S/C14H18ClF/c1-10-4-2-7-13(10)14(15)9-11-5-3-6-12(16)8-11/h3,5-6,8,10,13-14H,2,4,7,9H2,1H3. The second-order valence-corrected chi connectivity index (χ2v) is 5.48. The minimum absolute atomic E-state index is 0.152. The molecule has 88 valence electrons. The monoisotopic (exact) mass is 240 g/mol. The first-order valence-electron chi connectivity index (χ1n) is 6.05. The molecule has 1 saturated carbocycles. The number of alkyl halides is 1. The number of hydrogen-bond acceptors (Lipinski definition) is 0. The van der Waals surface area contributed by atoms with E-state index >= 15 is 0 Å². The second-order valence-electron chi connectivity index (χ2n) is 4.92. The predicted octanol–water partition coefficient (Wildman–Crippen LogP) is 4.41. The van der Waals surface area contributed by atoms with Gasteiger partial charge in [0.25, 0.3) is 0 Å². The van der Waals surface area contributed by atoms with Crippen molar-refractivity contribution in [1.29, 1.82) is 0 Å². The lowest BCUT2D eigenvalue weighted by molar-refractivity contribution is 0.398. The molecule has 1 aromatic carbocycles. The summed E-state index contributed by atoms with van der Waals surface area (Å²) in [6, 6.07) is 6.78. The van der Waals surface area contributed by atoms with E-state index in [4.69, 9.17) is 11.6 Å². The second kappa shape index (κ2) is 5.18. The summed E-state index contributed by atoms with van der Waals surface area (Å²) in [4.78, 5) is 0. The molecule has 0 saturated heterocycles. The lowest BCUT2D eigenvalue weighted by Crippen LogP contribution is -2.19. The predicted molar refractivity (Wildman–Crippen MR) is 66.3 cm³/mol. The molecule has 0 bridgehead atoms. The van der Waals surface area contributed by atoms with E-state index in [-0.39, 0.29) is 11.2 Å². The molecule has 2 heteroatoms. The SMILES string of the molecule is CC1CCCC1C(Cl)Cc1cccc(F)c1. The highest BCUT2D eigenvalue weighted by Gasteiger charge is 2.29. The summed E-state index contributed by atoms with van der Waals surface area (Å²) in [6.45, 7) is 2.28. The first-order valence-corrected chi connectivity index (χ1v) is 6.49. The Labute approximate surface area is 102 Å². The number of hydrogen-bond donors (Lipinski definition) is 0. The molecule has 1 aliphatic rings. The van der Waals surface area contributed by atoms with Crippen LogP contribution in [0.3, 0.4) is 0 Å². The van der Waals surface area contributed by atoms with Crippen LogP contribution in [0.5, 0.6) is 0 Å². The van der Waals surface area contributed by atoms with Crippen molar-refractivity contribution in [2.75, 3.05) is 0 Å². The summed E-state index contributed by atoms with van der Waals surface area (Å²) in [6.07, 6.45) is 4.59. The lowest BCUT2D eigenvalue weighted by atomic mass is 9.91. The third kappa shape index (κ3) is 2.76. The van der Waals surface area contributed by atoms with Crippen LogP contribution in [0.15, 0.2) is 24.3 Å². The van der Waals surface area contributed by atoms with Gasteiger partial charge >= 0.3 is 0 Å². The van der Waals surface area contributed by atoms with Gasteiger partial charge in [-0.25, -0.2) is 4.39 Å². The van der Waals surface area contributed by atoms with Crippen LogP contribution in [0.4, 0.5) is 4.39 Å². The molecule has 1 aliphatic carbocycles. The molecule has 16 heavy (non-hydrogen) atoms. The first-order chi connectivity index (χ1) is 7.66. The summed E-state index contributed by atoms with van der Waals surface area (Å²) >= 11 is 6.45. The lowest BCUT2D eigenvalue weighted by Gasteiger charge is -2.21. The largest absolute Gasteiger partial charge is 0.207 e. The zero-order valence-electron chi connectivity index (χ0n) is 9.63. The van der Waals surface area contributed by atoms with E-state index in [1.165, 1.54) is 25.3 Å². The summed E-state index contributed by atoms with van der Waals surface area (Å²) in [5.74, 6) is 1.15. The van der Waals surface area contributed by atoms with Crippen molar-refractivity contribution >= 4 is 11.6 Å². The van der Waals surface area contributed by atoms with Crippen LogP contribution in [0.1, 0.15) is 31.7 Å². The summed E-state index contributed by atoms with van der Waals surface area (Å²) in [7, 11) is 0. The Kier molecular flexibility index (Phi) is 3.86. The summed E-state index contributed by atoms with van der Waals surface area (Å²) < 4.78 is 13.0. The zero-order chi connectivity index (χ0) is 11.5. The van der Waals surface area contributed by atoms with Crippen molar-refractivity contribution < 1.29 is 4.39 Å². The molecule has 0 nitrogen and oxygen atoms in total. The van der Waals surface area contributed by atoms with Crippen molar-refractivity contribution in [3.8, 4) is 0 Å². The van der Waals surface area contributed by atoms with Crippen LogP contribution in [0.2, 0.25) is 0 Å². The Morgan fingerprint density at radius 1 is 1.44 bits per heavy atom. The molecule has 0 aromatic heterocycles. The minimum Gasteiger partial charge on any atom is -0.207 e. The number of halogens is 2. The molecular weight excluding hydrogens is 223 g/mol. The van der Waals surface area contributed by atoms with Crippen molar-refractivity contribution in [2.24, 2.45) is 11.8 Å². The van der Waals surface area contributed by atoms with Crippen molar-refractivity contribution in [1.82, 2.24) is 0 Å². The van der Waals surface area contributed by atoms with E-state index in [0.29, 0.717) is 5.92 Å². The normalized spacial score (nSPS) is 26.9. The highest BCUT2D eigenvalue weighted by Crippen LogP contribution is 2.37. The zero-order valence-corrected chi connectivity index (χ0v) is 10.4. The molecule has 2 rings (SSSR count). The van der Waals surface area contributed by atoms with E-state index in [1.54, 1.807) is 12.1 Å². The maximum absolute atomic E-state index is 13.0. The minimum atomic E-state index is -0.166. The fourth-order valence-electron chi connectivity index (χ4n) is 2.75. The molecule has 1 fully saturated rings. The van der Waals surface area contributed by atoms with Gasteiger partial charge in [-0.3, -0.25) is 0 Å². The van der Waals surface area contributed by atoms with Gasteiger partial charge in [0.2, 0.25) is 0 Å². The maximum atomic E-state index is 13.0. The molecule has 0 N–H and O–H groups in total. The van der Waals surface area contributed by atoms with Crippen molar-refractivity contribution in [2.45, 2.75) is 38.0 Å². The van der Waals surface area contributed by atoms with Gasteiger partial charge in [0, 0.05) is 5.38 Å². The number of benzene rings is 1. The maximum Gasteiger partial charge on any atom is 0.123 e. The van der Waals surface area contributed by atoms with Gasteiger partial charge in [0.05, 0.1) is 0 Å². The van der Waals surface area contributed by atoms with Crippen LogP contribution >= 0.6 is 11.6 Å². The summed E-state index contributed by atoms with van der Waals surface area (Å²) in [5.41, 5.74) is 1.01. The van der Waals surface area contributed by atoms with E-state index < -0.39 is 0 Å². The Bertz CT molecular complexity index is 350. The van der Waals surface area contributed by atoms with E-state index in [0.717, 1.165) is 17.9 Å². The fraction of sp³-hybridized carbons (Fsp3) is 0.571. The van der Waals surface area contributed by atoms with Crippen LogP contribution in [-0.2, 0) is 6.42 Å². The van der Waals surface area contributed by atoms with Gasteiger partial charge in [0.15, 0.2) is 0 Å². The average Bonchev–Trinajstić information content (AvgIpc) is 2.64. The Hall–Kier alpha value is -0.560. The van der Waals surface area contributed by atoms with Gasteiger partial charge in [0.1, 0.15) is 5.82 Å². The van der Waals surface area contributed by atoms with Gasteiger partial charge < -0.3 is 0 Å². The Morgan fingerprint density at radius 2 is 2.25 bits per heavy atom. The van der Waals surface area contributed by atoms with E-state index in [9.17, 15) is 4.39 Å². The van der Waals surface area contributed by atoms with Gasteiger partial charge in [-0.05, 0) is 42.4 Å². The molecule has 0 amide bonds. The van der Waals surface area contributed by atoms with Gasteiger partial charge in [-0.1, -0.05) is 31.9 Å². The van der Waals surface area contributed by atoms with Crippen LogP contribution in [0.25, 0.3) is 0 Å². The van der Waals surface area contributed by atoms with Gasteiger partial charge in [-0.15, -0.1) is 11.6 Å².